The Kier molecular flexibility index (Phi) is 13.1. The Morgan fingerprint density at radius 1 is 0.618 bits per heavy atom. The molecular formula is C25H35F5O4. The minimum Gasteiger partial charge on any atom is -0.465 e. The van der Waals surface area contributed by atoms with E-state index in [1.807, 2.05) is 0 Å². The molecule has 1 aromatic carbocycles. The van der Waals surface area contributed by atoms with E-state index in [9.17, 15) is 31.5 Å². The summed E-state index contributed by atoms with van der Waals surface area (Å²) in [6, 6.07) is 0. The van der Waals surface area contributed by atoms with Gasteiger partial charge < -0.3 is 9.47 Å². The van der Waals surface area contributed by atoms with Crippen LogP contribution in [0.1, 0.15) is 97.0 Å². The molecule has 34 heavy (non-hydrogen) atoms. The lowest BCUT2D eigenvalue weighted by atomic mass is 9.82. The van der Waals surface area contributed by atoms with Gasteiger partial charge in [0.2, 0.25) is 5.82 Å². The van der Waals surface area contributed by atoms with Crippen LogP contribution in [0, 0.1) is 34.5 Å². The second-order valence-corrected chi connectivity index (χ2v) is 8.38. The molecule has 0 fully saturated rings. The number of halogens is 5. The van der Waals surface area contributed by atoms with Gasteiger partial charge in [0.1, 0.15) is 6.61 Å². The zero-order valence-corrected chi connectivity index (χ0v) is 20.2. The lowest BCUT2D eigenvalue weighted by Gasteiger charge is -2.27. The Bertz CT molecular complexity index is 780. The molecule has 0 aliphatic rings. The molecule has 0 aliphatic carbocycles. The highest BCUT2D eigenvalue weighted by Gasteiger charge is 2.46. The van der Waals surface area contributed by atoms with Gasteiger partial charge in [-0.3, -0.25) is 9.59 Å². The second-order valence-electron chi connectivity index (χ2n) is 8.38. The number of unbranched alkanes of at least 4 members (excludes halogenated alkanes) is 8. The summed E-state index contributed by atoms with van der Waals surface area (Å²) in [7, 11) is 0. The van der Waals surface area contributed by atoms with Crippen LogP contribution in [0.4, 0.5) is 22.0 Å². The summed E-state index contributed by atoms with van der Waals surface area (Å²) in [6.07, 6.45) is 9.66. The third-order valence-electron chi connectivity index (χ3n) is 6.12. The maximum absolute atomic E-state index is 13.8. The molecule has 0 bridgehead atoms. The van der Waals surface area contributed by atoms with Crippen LogP contribution in [0.5, 0.6) is 0 Å². The molecule has 1 rings (SSSR count). The molecule has 0 saturated heterocycles. The smallest absolute Gasteiger partial charge is 0.323 e. The molecule has 0 unspecified atom stereocenters. The van der Waals surface area contributed by atoms with Gasteiger partial charge in [-0.2, -0.15) is 0 Å². The maximum Gasteiger partial charge on any atom is 0.323 e. The topological polar surface area (TPSA) is 52.6 Å². The Balaban J connectivity index is 2.62. The van der Waals surface area contributed by atoms with E-state index in [0.29, 0.717) is 6.42 Å². The van der Waals surface area contributed by atoms with Crippen LogP contribution in [0.3, 0.4) is 0 Å². The van der Waals surface area contributed by atoms with Crippen molar-refractivity contribution in [2.24, 2.45) is 5.41 Å². The molecule has 0 N–H and O–H groups in total. The van der Waals surface area contributed by atoms with Crippen molar-refractivity contribution < 1.29 is 41.0 Å². The SMILES string of the molecule is CCCCCCCCCCCOC(=O)C(CC)(CC)C(=O)OCc1c(F)c(F)c(F)c(F)c1F. The Morgan fingerprint density at radius 3 is 1.50 bits per heavy atom. The van der Waals surface area contributed by atoms with Gasteiger partial charge in [-0.25, -0.2) is 22.0 Å². The van der Waals surface area contributed by atoms with Crippen molar-refractivity contribution >= 4 is 11.9 Å². The van der Waals surface area contributed by atoms with Gasteiger partial charge in [0.05, 0.1) is 12.2 Å². The fraction of sp³-hybridized carbons (Fsp3) is 0.680. The van der Waals surface area contributed by atoms with Gasteiger partial charge in [0.25, 0.3) is 0 Å². The monoisotopic (exact) mass is 494 g/mol. The standard InChI is InChI=1S/C25H35F5O4/c1-4-7-8-9-10-11-12-13-14-15-33-23(31)25(5-2,6-3)24(32)34-16-17-18(26)20(28)22(30)21(29)19(17)27/h4-16H2,1-3H3. The van der Waals surface area contributed by atoms with Gasteiger partial charge in [-0.15, -0.1) is 0 Å². The molecule has 0 saturated carbocycles. The fourth-order valence-corrected chi connectivity index (χ4v) is 3.68. The molecule has 194 valence electrons. The van der Waals surface area contributed by atoms with Crippen LogP contribution in [-0.4, -0.2) is 18.5 Å². The fourth-order valence-electron chi connectivity index (χ4n) is 3.68. The lowest BCUT2D eigenvalue weighted by molar-refractivity contribution is -0.174. The molecule has 1 aromatic rings. The maximum atomic E-state index is 13.8. The summed E-state index contributed by atoms with van der Waals surface area (Å²) >= 11 is 0. The minimum absolute atomic E-state index is 0.0178. The van der Waals surface area contributed by atoms with E-state index in [4.69, 9.17) is 9.47 Å². The van der Waals surface area contributed by atoms with Crippen LogP contribution < -0.4 is 0 Å². The van der Waals surface area contributed by atoms with E-state index >= 15 is 0 Å². The summed E-state index contributed by atoms with van der Waals surface area (Å²) < 4.78 is 77.7. The van der Waals surface area contributed by atoms with Crippen LogP contribution in [0.25, 0.3) is 0 Å². The number of hydrogen-bond donors (Lipinski definition) is 0. The first-order valence-corrected chi connectivity index (χ1v) is 12.0. The first-order chi connectivity index (χ1) is 16.2. The number of esters is 2. The molecule has 0 radical (unpaired) electrons. The van der Waals surface area contributed by atoms with Gasteiger partial charge in [-0.05, 0) is 19.3 Å². The van der Waals surface area contributed by atoms with E-state index in [2.05, 4.69) is 6.92 Å². The van der Waals surface area contributed by atoms with Gasteiger partial charge in [0.15, 0.2) is 28.7 Å². The Morgan fingerprint density at radius 2 is 1.03 bits per heavy atom. The van der Waals surface area contributed by atoms with Crippen molar-refractivity contribution in [3.05, 3.63) is 34.6 Å². The summed E-state index contributed by atoms with van der Waals surface area (Å²) in [5, 5.41) is 0. The van der Waals surface area contributed by atoms with Gasteiger partial charge in [0, 0.05) is 0 Å². The third-order valence-corrected chi connectivity index (χ3v) is 6.12. The summed E-state index contributed by atoms with van der Waals surface area (Å²) in [5.41, 5.74) is -3.02. The van der Waals surface area contributed by atoms with E-state index < -0.39 is 58.6 Å². The average molecular weight is 495 g/mol. The number of hydrogen-bond acceptors (Lipinski definition) is 4. The number of rotatable bonds is 16. The first-order valence-electron chi connectivity index (χ1n) is 12.0. The molecule has 0 atom stereocenters. The first kappa shape index (κ1) is 29.8. The molecule has 0 spiro atoms. The van der Waals surface area contributed by atoms with Crippen molar-refractivity contribution in [3.63, 3.8) is 0 Å². The van der Waals surface area contributed by atoms with Gasteiger partial charge >= 0.3 is 11.9 Å². The van der Waals surface area contributed by atoms with Crippen LogP contribution in [-0.2, 0) is 25.7 Å². The number of benzene rings is 1. The highest BCUT2D eigenvalue weighted by Crippen LogP contribution is 2.31. The number of carbonyl (C=O) groups is 2. The molecule has 9 heteroatoms. The van der Waals surface area contributed by atoms with Crippen LogP contribution >= 0.6 is 0 Å². The minimum atomic E-state index is -2.30. The zero-order chi connectivity index (χ0) is 25.7. The number of ether oxygens (including phenoxy) is 2. The predicted molar refractivity (Wildman–Crippen MR) is 117 cm³/mol. The van der Waals surface area contributed by atoms with E-state index in [0.717, 1.165) is 19.3 Å². The number of carbonyl (C=O) groups excluding carboxylic acids is 2. The van der Waals surface area contributed by atoms with Crippen LogP contribution in [0.2, 0.25) is 0 Å². The summed E-state index contributed by atoms with van der Waals surface area (Å²) in [6.45, 7) is 4.16. The lowest BCUT2D eigenvalue weighted by Crippen LogP contribution is -2.41. The molecular weight excluding hydrogens is 459 g/mol. The molecule has 0 amide bonds. The van der Waals surface area contributed by atoms with Crippen molar-refractivity contribution in [2.45, 2.75) is 98.0 Å². The Labute approximate surface area is 198 Å². The quantitative estimate of drug-likeness (QED) is 0.0604. The van der Waals surface area contributed by atoms with Crippen molar-refractivity contribution in [1.82, 2.24) is 0 Å². The van der Waals surface area contributed by atoms with E-state index in [1.54, 1.807) is 13.8 Å². The van der Waals surface area contributed by atoms with Crippen LogP contribution in [0.15, 0.2) is 0 Å². The molecule has 4 nitrogen and oxygen atoms in total. The highest BCUT2D eigenvalue weighted by molar-refractivity contribution is 6.00. The van der Waals surface area contributed by atoms with Gasteiger partial charge in [-0.1, -0.05) is 72.1 Å². The average Bonchev–Trinajstić information content (AvgIpc) is 2.83. The summed E-state index contributed by atoms with van der Waals surface area (Å²) in [4.78, 5) is 25.3. The van der Waals surface area contributed by atoms with E-state index in [-0.39, 0.29) is 19.4 Å². The normalized spacial score (nSPS) is 11.5. The van der Waals surface area contributed by atoms with Crippen molar-refractivity contribution in [2.75, 3.05) is 6.61 Å². The predicted octanol–water partition coefficient (Wildman–Crippen LogP) is 7.31. The second kappa shape index (κ2) is 14.9. The Hall–Kier alpha value is -2.19. The van der Waals surface area contributed by atoms with E-state index in [1.165, 1.54) is 32.1 Å². The van der Waals surface area contributed by atoms with Crippen molar-refractivity contribution in [3.8, 4) is 0 Å². The van der Waals surface area contributed by atoms with Crippen molar-refractivity contribution in [1.29, 1.82) is 0 Å². The highest BCUT2D eigenvalue weighted by atomic mass is 19.2. The third kappa shape index (κ3) is 7.67. The molecule has 0 aliphatic heterocycles. The molecule has 0 heterocycles. The molecule has 0 aromatic heterocycles. The largest absolute Gasteiger partial charge is 0.465 e. The summed E-state index contributed by atoms with van der Waals surface area (Å²) in [5.74, 6) is -12.7. The zero-order valence-electron chi connectivity index (χ0n) is 20.2.